The second-order valence-corrected chi connectivity index (χ2v) is 35.4. The SMILES string of the molecule is CC(=O)CCCCCNC(=O)CC1Cc2ccccc2-c2nnn(CCCCC(=O)NCCCCCC(=O)NC(CCC(=O)NCCCCC3NC(=O)[C@@H](CCCNC(=N)N)NC(=O)CNC(=O)[C@@H](CC(=O)O)NC(=O)[C@H](Cc4ccc(O)cc4)NC3=O)C(=O)NCCCCC3NC(=O)[C@@H](CCCCC(=N)N)NC(=O)CNC(=O)[C@@H](CC(=O)O)NC(=O)[C@H](Cc4ccc(O)cc4)NC3=O)c2-c2ccccc21. The van der Waals surface area contributed by atoms with E-state index in [1.165, 1.54) is 48.5 Å². The molecule has 45 nitrogen and oxygen atoms in total. The number of nitrogens with one attached hydrogen (secondary N) is 18. The number of guanidine groups is 1. The van der Waals surface area contributed by atoms with Crippen LogP contribution in [0.2, 0.25) is 0 Å². The Morgan fingerprint density at radius 3 is 1.36 bits per heavy atom. The van der Waals surface area contributed by atoms with Gasteiger partial charge in [0.05, 0.1) is 37.5 Å². The molecular formula is C96H133N23O22. The number of hydrogen-bond donors (Lipinski definition) is 24. The molecule has 10 atom stereocenters. The van der Waals surface area contributed by atoms with Crippen LogP contribution in [0.1, 0.15) is 215 Å². The Bertz CT molecular complexity index is 5190. The first-order valence-electron chi connectivity index (χ1n) is 47.9. The molecular weight excluding hydrogens is 1830 g/mol. The van der Waals surface area contributed by atoms with Crippen LogP contribution in [0.4, 0.5) is 0 Å². The molecule has 26 N–H and O–H groups in total. The Kier molecular flexibility index (Phi) is 46.3. The maximum atomic E-state index is 14.6. The third-order valence-corrected chi connectivity index (χ3v) is 23.9. The number of nitrogens with two attached hydrogens (primary N) is 2. The molecule has 2 fully saturated rings. The van der Waals surface area contributed by atoms with Gasteiger partial charge in [-0.1, -0.05) is 97.3 Å². The fraction of sp³-hybridized carbons (Fsp3) is 0.521. The Morgan fingerprint density at radius 2 is 0.844 bits per heavy atom. The highest BCUT2D eigenvalue weighted by Gasteiger charge is 2.38. The minimum absolute atomic E-state index is 0.0488. The predicted molar refractivity (Wildman–Crippen MR) is 513 cm³/mol. The average molecular weight is 1960 g/mol. The normalized spacial score (nSPS) is 19.0. The molecule has 764 valence electrons. The smallest absolute Gasteiger partial charge is 0.305 e. The summed E-state index contributed by atoms with van der Waals surface area (Å²) in [6.45, 7) is 1.12. The molecule has 0 saturated carbocycles. The first-order valence-corrected chi connectivity index (χ1v) is 47.9. The number of ketones is 1. The van der Waals surface area contributed by atoms with E-state index >= 15 is 0 Å². The van der Waals surface area contributed by atoms with Crippen LogP contribution in [-0.4, -0.2) is 254 Å². The highest BCUT2D eigenvalue weighted by molar-refractivity contribution is 6.01. The van der Waals surface area contributed by atoms with Gasteiger partial charge in [0.25, 0.3) is 0 Å². The lowest BCUT2D eigenvalue weighted by molar-refractivity contribution is -0.141. The number of carbonyl (C=O) groups excluding carboxylic acids is 16. The fourth-order valence-electron chi connectivity index (χ4n) is 16.4. The number of phenolic OH excluding ortho intramolecular Hbond substituents is 2. The number of unbranched alkanes of at least 4 members (excludes halogenated alkanes) is 8. The van der Waals surface area contributed by atoms with Gasteiger partial charge in [0.1, 0.15) is 77.4 Å². The van der Waals surface area contributed by atoms with Gasteiger partial charge >= 0.3 is 11.9 Å². The summed E-state index contributed by atoms with van der Waals surface area (Å²) in [6.07, 6.45) is 3.69. The Morgan fingerprint density at radius 1 is 0.426 bits per heavy atom. The number of aliphatic carboxylic acids is 2. The Hall–Kier alpha value is -15.0. The van der Waals surface area contributed by atoms with Crippen molar-refractivity contribution in [2.45, 2.75) is 273 Å². The van der Waals surface area contributed by atoms with Crippen LogP contribution in [0.5, 0.6) is 11.5 Å². The lowest BCUT2D eigenvalue weighted by atomic mass is 9.81. The molecule has 4 unspecified atom stereocenters. The van der Waals surface area contributed by atoms with E-state index in [2.05, 4.69) is 90.3 Å². The van der Waals surface area contributed by atoms with E-state index in [1.54, 1.807) is 6.92 Å². The number of aryl methyl sites for hydroxylation is 1. The molecule has 0 bridgehead atoms. The molecule has 141 heavy (non-hydrogen) atoms. The highest BCUT2D eigenvalue weighted by atomic mass is 16.4. The summed E-state index contributed by atoms with van der Waals surface area (Å²) in [7, 11) is 0. The molecule has 3 heterocycles. The lowest BCUT2D eigenvalue weighted by Crippen LogP contribution is -2.58. The monoisotopic (exact) mass is 1960 g/mol. The van der Waals surface area contributed by atoms with Crippen molar-refractivity contribution in [1.29, 1.82) is 10.8 Å². The number of Topliss-reactive ketones (excluding diaryl/α,β-unsaturated/α-hetero) is 1. The van der Waals surface area contributed by atoms with Gasteiger partial charge in [-0.3, -0.25) is 92.3 Å². The highest BCUT2D eigenvalue weighted by Crippen LogP contribution is 2.42. The van der Waals surface area contributed by atoms with Crippen molar-refractivity contribution in [2.75, 3.05) is 45.8 Å². The summed E-state index contributed by atoms with van der Waals surface area (Å²) in [6, 6.07) is 13.3. The van der Waals surface area contributed by atoms with Crippen molar-refractivity contribution in [2.24, 2.45) is 11.5 Å². The van der Waals surface area contributed by atoms with Crippen LogP contribution in [-0.2, 0) is 112 Å². The number of fused-ring (bicyclic) bond motifs is 5. The lowest BCUT2D eigenvalue weighted by Gasteiger charge is -2.26. The topological polar surface area (TPSA) is 711 Å². The standard InChI is InChI=1S/C96H133N23O22/c1-57(120)21-4-2-15-44-103-80(126)52-61-51-60-22-6-7-24-65(60)85-86(66-25-9-8-23-64(61)66)119(118-117-85)48-19-14-31-77(123)101-43-16-3-5-32-79(125)108-71(87(133)104-46-18-13-28-70-93(139)114-73(50-59-35-39-63(122)40-36-59)95(141)115-74(53-83(129)130)88(134)106-55-81(127)109-67(90(136)111-70)26-10-11-30-76(97)98)41-42-78(124)102-45-17-12-27-69-92(138)113-72(49-58-33-37-62(121)38-34-58)94(140)116-75(54-84(131)132)89(135)107-56-82(128)110-68(91(137)112-69)29-20-47-105-96(99)100/h6-9,22-25,33-40,61,67-75,121-122H,2-5,10-21,26-32,41-56H2,1H3,(H3,97,98)(H,101,123)(H,102,124)(H,103,126)(H,104,133)(H,106,134)(H,107,135)(H,108,125)(H,109,127)(H,110,128)(H,111,136)(H,112,137)(H,113,138)(H,114,139)(H,115,141)(H,116,140)(H,129,130)(H,131,132)(H4,99,100,105)/t61?,67-,68-,69?,70?,71?,72+,73+,74-,75-/m1/s1. The molecule has 1 aromatic heterocycles. The maximum Gasteiger partial charge on any atom is 0.305 e. The third-order valence-electron chi connectivity index (χ3n) is 23.9. The maximum absolute atomic E-state index is 14.6. The number of aromatic hydroxyl groups is 2. The number of carbonyl (C=O) groups is 18. The van der Waals surface area contributed by atoms with Crippen molar-refractivity contribution < 1.29 is 107 Å². The summed E-state index contributed by atoms with van der Waals surface area (Å²) < 4.78 is 1.86. The van der Waals surface area contributed by atoms with Crippen LogP contribution < -0.4 is 96.5 Å². The van der Waals surface area contributed by atoms with E-state index < -0.39 is 169 Å². The fourth-order valence-corrected chi connectivity index (χ4v) is 16.4. The molecule has 1 aliphatic carbocycles. The quantitative estimate of drug-likeness (QED) is 0.0142. The molecule has 0 spiro atoms. The molecule has 2 aliphatic heterocycles. The number of benzene rings is 4. The summed E-state index contributed by atoms with van der Waals surface area (Å²) in [5.74, 6) is -15.7. The molecule has 0 radical (unpaired) electrons. The van der Waals surface area contributed by atoms with Gasteiger partial charge in [-0.25, -0.2) is 4.68 Å². The molecule has 45 heteroatoms. The van der Waals surface area contributed by atoms with Crippen LogP contribution >= 0.6 is 0 Å². The van der Waals surface area contributed by atoms with E-state index in [4.69, 9.17) is 27.4 Å². The molecule has 15 amide bonds. The van der Waals surface area contributed by atoms with Gasteiger partial charge in [-0.2, -0.15) is 0 Å². The Labute approximate surface area is 815 Å². The minimum Gasteiger partial charge on any atom is -0.508 e. The van der Waals surface area contributed by atoms with Gasteiger partial charge in [0.15, 0.2) is 5.96 Å². The summed E-state index contributed by atoms with van der Waals surface area (Å²) in [5.41, 5.74) is 17.2. The number of carboxylic acid groups (broad SMARTS) is 2. The number of amidine groups is 1. The predicted octanol–water partition coefficient (Wildman–Crippen LogP) is 0.336. The zero-order chi connectivity index (χ0) is 102. The number of hydrogen-bond acceptors (Lipinski definition) is 24. The van der Waals surface area contributed by atoms with Gasteiger partial charge in [0, 0.05) is 102 Å². The summed E-state index contributed by atoms with van der Waals surface area (Å²) in [5, 5.41) is 106. The Balaban J connectivity index is 0.925. The molecule has 3 aliphatic rings. The first-order chi connectivity index (χ1) is 67.5. The van der Waals surface area contributed by atoms with E-state index in [1.807, 2.05) is 53.2 Å². The van der Waals surface area contributed by atoms with Gasteiger partial charge in [0.2, 0.25) is 88.6 Å². The molecule has 5 aromatic rings. The van der Waals surface area contributed by atoms with Gasteiger partial charge in [-0.05, 0) is 175 Å². The second kappa shape index (κ2) is 58.7. The van der Waals surface area contributed by atoms with Crippen molar-refractivity contribution in [3.05, 3.63) is 119 Å². The molecule has 8 rings (SSSR count). The number of rotatable bonds is 51. The van der Waals surface area contributed by atoms with Crippen molar-refractivity contribution in [3.8, 4) is 34.0 Å². The van der Waals surface area contributed by atoms with E-state index in [-0.39, 0.29) is 189 Å². The van der Waals surface area contributed by atoms with Crippen LogP contribution in [0.3, 0.4) is 0 Å². The number of phenols is 2. The molecule has 2 saturated heterocycles. The van der Waals surface area contributed by atoms with Crippen molar-refractivity contribution in [1.82, 2.24) is 100 Å². The number of nitrogens with zero attached hydrogens (tertiary/aromatic N) is 3. The average Bonchev–Trinajstić information content (AvgIpc) is 1.59. The zero-order valence-electron chi connectivity index (χ0n) is 79.2. The van der Waals surface area contributed by atoms with Crippen LogP contribution in [0.15, 0.2) is 97.1 Å². The summed E-state index contributed by atoms with van der Waals surface area (Å²) >= 11 is 0. The largest absolute Gasteiger partial charge is 0.508 e. The first kappa shape index (κ1) is 111. The van der Waals surface area contributed by atoms with Gasteiger partial charge in [-0.15, -0.1) is 5.10 Å². The number of carboxylic acids is 2. The third kappa shape index (κ3) is 39.8. The zero-order valence-corrected chi connectivity index (χ0v) is 79.2. The van der Waals surface area contributed by atoms with Crippen molar-refractivity contribution in [3.63, 3.8) is 0 Å². The second-order valence-electron chi connectivity index (χ2n) is 35.4. The van der Waals surface area contributed by atoms with Crippen LogP contribution in [0, 0.1) is 10.8 Å². The number of aromatic nitrogens is 3. The van der Waals surface area contributed by atoms with E-state index in [9.17, 15) is 107 Å². The van der Waals surface area contributed by atoms with Gasteiger partial charge < -0.3 is 122 Å². The van der Waals surface area contributed by atoms with E-state index in [0.717, 1.165) is 47.2 Å². The van der Waals surface area contributed by atoms with Crippen molar-refractivity contribution >= 4 is 118 Å². The van der Waals surface area contributed by atoms with E-state index in [0.29, 0.717) is 81.3 Å². The van der Waals surface area contributed by atoms with Crippen LogP contribution in [0.25, 0.3) is 22.5 Å². The number of amides is 15. The summed E-state index contributed by atoms with van der Waals surface area (Å²) in [4.78, 5) is 244. The minimum atomic E-state index is -1.77. The molecule has 4 aromatic carbocycles.